The lowest BCUT2D eigenvalue weighted by atomic mass is 10.2. The molecule has 0 saturated heterocycles. The molecule has 0 amide bonds. The smallest absolute Gasteiger partial charge is 0.140 e. The molecule has 0 fully saturated rings. The lowest BCUT2D eigenvalue weighted by Crippen LogP contribution is -1.99. The molecule has 0 atom stereocenters. The number of rotatable bonds is 6. The van der Waals surface area contributed by atoms with E-state index in [0.29, 0.717) is 6.61 Å². The Kier molecular flexibility index (Phi) is 4.99. The predicted molar refractivity (Wildman–Crippen MR) is 79.4 cm³/mol. The number of aromatic nitrogens is 1. The number of anilines is 1. The van der Waals surface area contributed by atoms with Gasteiger partial charge in [-0.2, -0.15) is 0 Å². The topological polar surface area (TPSA) is 34.2 Å². The highest BCUT2D eigenvalue weighted by molar-refractivity contribution is 5.49. The lowest BCUT2D eigenvalue weighted by Gasteiger charge is -2.06. The minimum Gasteiger partial charge on any atom is -0.488 e. The van der Waals surface area contributed by atoms with Crippen LogP contribution in [-0.2, 0) is 0 Å². The molecule has 1 aromatic carbocycles. The van der Waals surface area contributed by atoms with E-state index >= 15 is 0 Å². The summed E-state index contributed by atoms with van der Waals surface area (Å²) in [6, 6.07) is 12.1. The van der Waals surface area contributed by atoms with Crippen molar-refractivity contribution in [1.82, 2.24) is 4.98 Å². The van der Waals surface area contributed by atoms with Crippen LogP contribution >= 0.6 is 0 Å². The lowest BCUT2D eigenvalue weighted by molar-refractivity contribution is 0.362. The van der Waals surface area contributed by atoms with E-state index in [4.69, 9.17) is 4.74 Å². The van der Waals surface area contributed by atoms with Crippen molar-refractivity contribution in [3.05, 3.63) is 60.4 Å². The molecular formula is C16H18N2O. The fourth-order valence-electron chi connectivity index (χ4n) is 1.69. The van der Waals surface area contributed by atoms with Crippen molar-refractivity contribution in [3.63, 3.8) is 0 Å². The monoisotopic (exact) mass is 254 g/mol. The number of hydrogen-bond donors (Lipinski definition) is 1. The summed E-state index contributed by atoms with van der Waals surface area (Å²) < 4.78 is 5.63. The van der Waals surface area contributed by atoms with Gasteiger partial charge >= 0.3 is 0 Å². The summed E-state index contributed by atoms with van der Waals surface area (Å²) >= 11 is 0. The van der Waals surface area contributed by atoms with Gasteiger partial charge in [-0.05, 0) is 18.6 Å². The van der Waals surface area contributed by atoms with Gasteiger partial charge in [0.15, 0.2) is 0 Å². The van der Waals surface area contributed by atoms with Crippen LogP contribution in [0, 0.1) is 0 Å². The molecule has 2 rings (SSSR count). The van der Waals surface area contributed by atoms with Crippen molar-refractivity contribution >= 4 is 11.8 Å². The molecule has 3 nitrogen and oxygen atoms in total. The second kappa shape index (κ2) is 7.21. The van der Waals surface area contributed by atoms with Crippen LogP contribution in [0.3, 0.4) is 0 Å². The van der Waals surface area contributed by atoms with Gasteiger partial charge in [0, 0.05) is 12.6 Å². The molecule has 0 aliphatic carbocycles. The van der Waals surface area contributed by atoms with Crippen LogP contribution in [0.4, 0.5) is 5.69 Å². The fourth-order valence-corrected chi connectivity index (χ4v) is 1.69. The van der Waals surface area contributed by atoms with Crippen molar-refractivity contribution in [2.45, 2.75) is 6.92 Å². The first kappa shape index (κ1) is 13.1. The fraction of sp³-hybridized carbons (Fsp3) is 0.188. The number of benzene rings is 1. The molecule has 3 heteroatoms. The molecule has 0 aliphatic heterocycles. The Morgan fingerprint density at radius 3 is 2.84 bits per heavy atom. The Balaban J connectivity index is 1.85. The highest BCUT2D eigenvalue weighted by Crippen LogP contribution is 2.15. The van der Waals surface area contributed by atoms with Gasteiger partial charge in [0.1, 0.15) is 12.4 Å². The van der Waals surface area contributed by atoms with E-state index < -0.39 is 0 Å². The normalized spacial score (nSPS) is 10.6. The van der Waals surface area contributed by atoms with E-state index in [1.807, 2.05) is 36.4 Å². The molecule has 98 valence electrons. The first-order valence-corrected chi connectivity index (χ1v) is 6.42. The number of pyridine rings is 1. The summed E-state index contributed by atoms with van der Waals surface area (Å²) in [5.41, 5.74) is 2.15. The highest BCUT2D eigenvalue weighted by Gasteiger charge is 1.95. The van der Waals surface area contributed by atoms with Crippen LogP contribution in [0.15, 0.2) is 54.9 Å². The van der Waals surface area contributed by atoms with Crippen LogP contribution < -0.4 is 10.1 Å². The van der Waals surface area contributed by atoms with Crippen LogP contribution in [-0.4, -0.2) is 18.1 Å². The number of nitrogens with zero attached hydrogens (tertiary/aromatic N) is 1. The van der Waals surface area contributed by atoms with Crippen molar-refractivity contribution in [2.24, 2.45) is 0 Å². The first-order chi connectivity index (χ1) is 9.38. The summed E-state index contributed by atoms with van der Waals surface area (Å²) in [6.45, 7) is 3.46. The van der Waals surface area contributed by atoms with Crippen molar-refractivity contribution in [1.29, 1.82) is 0 Å². The summed E-state index contributed by atoms with van der Waals surface area (Å²) in [4.78, 5) is 4.13. The zero-order chi connectivity index (χ0) is 13.3. The third kappa shape index (κ3) is 4.47. The molecule has 1 heterocycles. The van der Waals surface area contributed by atoms with E-state index in [0.717, 1.165) is 18.0 Å². The Labute approximate surface area is 114 Å². The minimum atomic E-state index is 0.534. The van der Waals surface area contributed by atoms with Gasteiger partial charge < -0.3 is 10.1 Å². The van der Waals surface area contributed by atoms with E-state index in [-0.39, 0.29) is 0 Å². The molecule has 0 unspecified atom stereocenters. The van der Waals surface area contributed by atoms with E-state index in [1.54, 1.807) is 12.4 Å². The molecule has 0 aliphatic rings. The highest BCUT2D eigenvalue weighted by atomic mass is 16.5. The van der Waals surface area contributed by atoms with E-state index in [1.165, 1.54) is 5.56 Å². The third-order valence-corrected chi connectivity index (χ3v) is 2.55. The van der Waals surface area contributed by atoms with Gasteiger partial charge in [0.25, 0.3) is 0 Å². The molecule has 1 N–H and O–H groups in total. The molecule has 0 radical (unpaired) electrons. The van der Waals surface area contributed by atoms with Gasteiger partial charge in [-0.15, -0.1) is 0 Å². The summed E-state index contributed by atoms with van der Waals surface area (Å²) in [7, 11) is 0. The molecular weight excluding hydrogens is 236 g/mol. The molecule has 0 spiro atoms. The number of ether oxygens (including phenoxy) is 1. The van der Waals surface area contributed by atoms with Gasteiger partial charge in [0.05, 0.1) is 18.1 Å². The van der Waals surface area contributed by atoms with Gasteiger partial charge in [0.2, 0.25) is 0 Å². The van der Waals surface area contributed by atoms with E-state index in [2.05, 4.69) is 29.4 Å². The minimum absolute atomic E-state index is 0.534. The summed E-state index contributed by atoms with van der Waals surface area (Å²) in [5, 5.41) is 3.20. The summed E-state index contributed by atoms with van der Waals surface area (Å²) in [5.74, 6) is 0.774. The Hall–Kier alpha value is -2.29. The predicted octanol–water partition coefficient (Wildman–Crippen LogP) is 3.61. The van der Waals surface area contributed by atoms with E-state index in [9.17, 15) is 0 Å². The zero-order valence-electron chi connectivity index (χ0n) is 11.0. The quantitative estimate of drug-likeness (QED) is 0.855. The molecule has 2 aromatic rings. The third-order valence-electron chi connectivity index (χ3n) is 2.55. The standard InChI is InChI=1S/C16H18N2O/c1-2-18-15-11-16(13-17-12-15)19-10-6-9-14-7-4-3-5-8-14/h3-9,11-13,18H,2,10H2,1H3/b9-6+. The Bertz CT molecular complexity index is 523. The first-order valence-electron chi connectivity index (χ1n) is 6.42. The zero-order valence-corrected chi connectivity index (χ0v) is 11.0. The second-order valence-electron chi connectivity index (χ2n) is 4.06. The largest absolute Gasteiger partial charge is 0.488 e. The van der Waals surface area contributed by atoms with Crippen molar-refractivity contribution < 1.29 is 4.74 Å². The molecule has 0 bridgehead atoms. The SMILES string of the molecule is CCNc1cncc(OC/C=C/c2ccccc2)c1. The van der Waals surface area contributed by atoms with Gasteiger partial charge in [-0.1, -0.05) is 36.4 Å². The second-order valence-corrected chi connectivity index (χ2v) is 4.06. The number of nitrogens with one attached hydrogen (secondary N) is 1. The van der Waals surface area contributed by atoms with Crippen LogP contribution in [0.5, 0.6) is 5.75 Å². The average molecular weight is 254 g/mol. The maximum absolute atomic E-state index is 5.63. The van der Waals surface area contributed by atoms with Gasteiger partial charge in [-0.25, -0.2) is 0 Å². The molecule has 19 heavy (non-hydrogen) atoms. The van der Waals surface area contributed by atoms with Crippen LogP contribution in [0.2, 0.25) is 0 Å². The van der Waals surface area contributed by atoms with Crippen LogP contribution in [0.25, 0.3) is 6.08 Å². The van der Waals surface area contributed by atoms with Crippen molar-refractivity contribution in [2.75, 3.05) is 18.5 Å². The average Bonchev–Trinajstić information content (AvgIpc) is 2.46. The van der Waals surface area contributed by atoms with Gasteiger partial charge in [-0.3, -0.25) is 4.98 Å². The Morgan fingerprint density at radius 2 is 2.05 bits per heavy atom. The summed E-state index contributed by atoms with van der Waals surface area (Å²) in [6.07, 6.45) is 7.55. The Morgan fingerprint density at radius 1 is 1.21 bits per heavy atom. The molecule has 1 aromatic heterocycles. The maximum Gasteiger partial charge on any atom is 0.140 e. The number of hydrogen-bond acceptors (Lipinski definition) is 3. The van der Waals surface area contributed by atoms with Crippen LogP contribution in [0.1, 0.15) is 12.5 Å². The maximum atomic E-state index is 5.63. The van der Waals surface area contributed by atoms with Crippen molar-refractivity contribution in [3.8, 4) is 5.75 Å². The molecule has 0 saturated carbocycles.